The highest BCUT2D eigenvalue weighted by atomic mass is 32.1. The van der Waals surface area contributed by atoms with E-state index in [9.17, 15) is 0 Å². The zero-order chi connectivity index (χ0) is 31.9. The van der Waals surface area contributed by atoms with Gasteiger partial charge in [-0.2, -0.15) is 0 Å². The highest BCUT2D eigenvalue weighted by Gasteiger charge is 2.15. The predicted octanol–water partition coefficient (Wildman–Crippen LogP) is 13.7. The number of fused-ring (bicyclic) bond motifs is 4. The minimum Gasteiger partial charge on any atom is -0.310 e. The van der Waals surface area contributed by atoms with Gasteiger partial charge < -0.3 is 4.90 Å². The molecule has 0 fully saturated rings. The van der Waals surface area contributed by atoms with E-state index in [0.717, 1.165) is 17.1 Å². The number of benzene rings is 8. The van der Waals surface area contributed by atoms with Gasteiger partial charge in [0.1, 0.15) is 0 Å². The number of rotatable bonds is 6. The molecule has 9 rings (SSSR count). The molecule has 0 atom stereocenters. The molecular formula is C46H31NS. The van der Waals surface area contributed by atoms with Crippen LogP contribution >= 0.6 is 11.3 Å². The van der Waals surface area contributed by atoms with Crippen LogP contribution in [0.4, 0.5) is 17.1 Å². The van der Waals surface area contributed by atoms with Crippen LogP contribution in [0, 0.1) is 0 Å². The largest absolute Gasteiger partial charge is 0.310 e. The third-order valence-electron chi connectivity index (χ3n) is 9.25. The second kappa shape index (κ2) is 12.0. The van der Waals surface area contributed by atoms with Crippen molar-refractivity contribution in [3.05, 3.63) is 188 Å². The first-order chi connectivity index (χ1) is 23.8. The molecule has 0 amide bonds. The maximum absolute atomic E-state index is 2.34. The van der Waals surface area contributed by atoms with Gasteiger partial charge in [0, 0.05) is 37.2 Å². The van der Waals surface area contributed by atoms with Crippen molar-refractivity contribution in [3.8, 4) is 33.4 Å². The SMILES string of the molecule is c1ccc(N(c2ccc(-c3ccc4sc5ccccc5c4c3)cc2)c2cccc(-c3cccc(-c4cccc5ccccc45)c3)c2)cc1. The number of para-hydroxylation sites is 1. The van der Waals surface area contributed by atoms with Gasteiger partial charge in [0.05, 0.1) is 0 Å². The fraction of sp³-hybridized carbons (Fsp3) is 0. The molecule has 0 saturated carbocycles. The van der Waals surface area contributed by atoms with Crippen molar-refractivity contribution in [1.82, 2.24) is 0 Å². The van der Waals surface area contributed by atoms with E-state index in [1.54, 1.807) is 0 Å². The summed E-state index contributed by atoms with van der Waals surface area (Å²) < 4.78 is 2.66. The number of thiophene rings is 1. The Morgan fingerprint density at radius 3 is 1.77 bits per heavy atom. The van der Waals surface area contributed by atoms with Crippen LogP contribution in [-0.2, 0) is 0 Å². The van der Waals surface area contributed by atoms with Gasteiger partial charge in [0.15, 0.2) is 0 Å². The van der Waals surface area contributed by atoms with Gasteiger partial charge in [-0.05, 0) is 105 Å². The molecule has 48 heavy (non-hydrogen) atoms. The average molecular weight is 630 g/mol. The Morgan fingerprint density at radius 1 is 0.312 bits per heavy atom. The molecule has 0 spiro atoms. The Kier molecular flexibility index (Phi) is 7.07. The quantitative estimate of drug-likeness (QED) is 0.177. The van der Waals surface area contributed by atoms with Crippen LogP contribution in [0.3, 0.4) is 0 Å². The molecule has 8 aromatic carbocycles. The van der Waals surface area contributed by atoms with Gasteiger partial charge in [0.25, 0.3) is 0 Å². The van der Waals surface area contributed by atoms with Crippen molar-refractivity contribution >= 4 is 59.3 Å². The normalized spacial score (nSPS) is 11.3. The Bertz CT molecular complexity index is 2560. The first-order valence-corrected chi connectivity index (χ1v) is 17.2. The van der Waals surface area contributed by atoms with Gasteiger partial charge in [-0.25, -0.2) is 0 Å². The van der Waals surface area contributed by atoms with Gasteiger partial charge in [-0.1, -0.05) is 127 Å². The van der Waals surface area contributed by atoms with Gasteiger partial charge in [0.2, 0.25) is 0 Å². The zero-order valence-electron chi connectivity index (χ0n) is 26.3. The molecule has 0 saturated heterocycles. The molecule has 1 heterocycles. The molecule has 0 aliphatic carbocycles. The third-order valence-corrected chi connectivity index (χ3v) is 10.4. The second-order valence-electron chi connectivity index (χ2n) is 12.2. The molecule has 2 heteroatoms. The van der Waals surface area contributed by atoms with E-state index < -0.39 is 0 Å². The van der Waals surface area contributed by atoms with Crippen LogP contribution in [0.1, 0.15) is 0 Å². The Hall–Kier alpha value is -5.96. The molecule has 0 radical (unpaired) electrons. The van der Waals surface area contributed by atoms with E-state index in [0.29, 0.717) is 0 Å². The van der Waals surface area contributed by atoms with E-state index in [4.69, 9.17) is 0 Å². The molecule has 0 aliphatic rings. The fourth-order valence-electron chi connectivity index (χ4n) is 6.90. The molecule has 9 aromatic rings. The van der Waals surface area contributed by atoms with Crippen molar-refractivity contribution in [3.63, 3.8) is 0 Å². The van der Waals surface area contributed by atoms with Gasteiger partial charge in [-0.15, -0.1) is 11.3 Å². The first kappa shape index (κ1) is 28.3. The molecule has 1 nitrogen and oxygen atoms in total. The minimum atomic E-state index is 1.12. The van der Waals surface area contributed by atoms with E-state index in [1.165, 1.54) is 64.3 Å². The Labute approximate surface area is 284 Å². The van der Waals surface area contributed by atoms with Crippen molar-refractivity contribution in [1.29, 1.82) is 0 Å². The lowest BCUT2D eigenvalue weighted by atomic mass is 9.95. The van der Waals surface area contributed by atoms with Crippen LogP contribution in [0.25, 0.3) is 64.3 Å². The molecular weight excluding hydrogens is 599 g/mol. The monoisotopic (exact) mass is 629 g/mol. The van der Waals surface area contributed by atoms with E-state index in [1.807, 2.05) is 11.3 Å². The lowest BCUT2D eigenvalue weighted by Gasteiger charge is -2.26. The van der Waals surface area contributed by atoms with Crippen molar-refractivity contribution in [2.24, 2.45) is 0 Å². The van der Waals surface area contributed by atoms with Crippen molar-refractivity contribution < 1.29 is 0 Å². The zero-order valence-corrected chi connectivity index (χ0v) is 27.1. The number of hydrogen-bond donors (Lipinski definition) is 0. The summed E-state index contributed by atoms with van der Waals surface area (Å²) in [5, 5.41) is 5.18. The maximum Gasteiger partial charge on any atom is 0.0467 e. The van der Waals surface area contributed by atoms with Crippen LogP contribution < -0.4 is 4.90 Å². The highest BCUT2D eigenvalue weighted by Crippen LogP contribution is 2.40. The topological polar surface area (TPSA) is 3.24 Å². The smallest absolute Gasteiger partial charge is 0.0467 e. The van der Waals surface area contributed by atoms with Gasteiger partial charge >= 0.3 is 0 Å². The lowest BCUT2D eigenvalue weighted by Crippen LogP contribution is -2.09. The second-order valence-corrected chi connectivity index (χ2v) is 13.3. The van der Waals surface area contributed by atoms with Gasteiger partial charge in [-0.3, -0.25) is 0 Å². The van der Waals surface area contributed by atoms with Crippen LogP contribution in [0.15, 0.2) is 188 Å². The van der Waals surface area contributed by atoms with E-state index >= 15 is 0 Å². The standard InChI is InChI=1S/C46H31NS/c1-2-16-38(17-3-1)47(39-26-23-32(24-27-39)36-25-28-46-44(31-36)43-20-6-7-22-45(43)48-46)40-18-9-14-35(30-40)34-13-8-15-37(29-34)42-21-10-12-33-11-4-5-19-41(33)42/h1-31H. The predicted molar refractivity (Wildman–Crippen MR) is 208 cm³/mol. The summed E-state index contributed by atoms with van der Waals surface area (Å²) in [7, 11) is 0. The average Bonchev–Trinajstić information content (AvgIpc) is 3.54. The third kappa shape index (κ3) is 5.13. The van der Waals surface area contributed by atoms with Crippen LogP contribution in [0.2, 0.25) is 0 Å². The summed E-state index contributed by atoms with van der Waals surface area (Å²) in [5.74, 6) is 0. The molecule has 226 valence electrons. The maximum atomic E-state index is 2.34. The van der Waals surface area contributed by atoms with Crippen LogP contribution in [0.5, 0.6) is 0 Å². The summed E-state index contributed by atoms with van der Waals surface area (Å²) >= 11 is 1.86. The molecule has 0 N–H and O–H groups in total. The minimum absolute atomic E-state index is 1.12. The number of anilines is 3. The summed E-state index contributed by atoms with van der Waals surface area (Å²) in [6, 6.07) is 68.1. The molecule has 0 bridgehead atoms. The summed E-state index contributed by atoms with van der Waals surface area (Å²) in [4.78, 5) is 2.34. The molecule has 0 unspecified atom stereocenters. The highest BCUT2D eigenvalue weighted by molar-refractivity contribution is 7.25. The molecule has 0 aliphatic heterocycles. The summed E-state index contributed by atoms with van der Waals surface area (Å²) in [6.45, 7) is 0. The van der Waals surface area contributed by atoms with Crippen molar-refractivity contribution in [2.75, 3.05) is 4.90 Å². The van der Waals surface area contributed by atoms with E-state index in [-0.39, 0.29) is 0 Å². The summed E-state index contributed by atoms with van der Waals surface area (Å²) in [6.07, 6.45) is 0. The molecule has 1 aromatic heterocycles. The van der Waals surface area contributed by atoms with E-state index in [2.05, 4.69) is 193 Å². The van der Waals surface area contributed by atoms with Crippen molar-refractivity contribution in [2.45, 2.75) is 0 Å². The summed E-state index contributed by atoms with van der Waals surface area (Å²) in [5.41, 5.74) is 10.7. The van der Waals surface area contributed by atoms with Crippen LogP contribution in [-0.4, -0.2) is 0 Å². The lowest BCUT2D eigenvalue weighted by molar-refractivity contribution is 1.28. The number of hydrogen-bond acceptors (Lipinski definition) is 2. The Morgan fingerprint density at radius 2 is 0.896 bits per heavy atom. The number of nitrogens with zero attached hydrogens (tertiary/aromatic N) is 1. The first-order valence-electron chi connectivity index (χ1n) is 16.3. The Balaban J connectivity index is 1.09. The fourth-order valence-corrected chi connectivity index (χ4v) is 7.99.